The number of benzene rings is 1. The molecule has 0 aliphatic heterocycles. The fraction of sp³-hybridized carbons (Fsp3) is 0.500. The SMILES string of the molecule is CCCC(C)NS(=O)(=O)c1ccc(CO)cc1. The Morgan fingerprint density at radius 1 is 1.29 bits per heavy atom. The van der Waals surface area contributed by atoms with E-state index in [1.54, 1.807) is 12.1 Å². The minimum Gasteiger partial charge on any atom is -0.392 e. The fourth-order valence-electron chi connectivity index (χ4n) is 1.60. The second-order valence-corrected chi connectivity index (χ2v) is 5.83. The summed E-state index contributed by atoms with van der Waals surface area (Å²) in [5.41, 5.74) is 0.700. The van der Waals surface area contributed by atoms with E-state index in [0.29, 0.717) is 5.56 Å². The summed E-state index contributed by atoms with van der Waals surface area (Å²) in [6.07, 6.45) is 1.75. The van der Waals surface area contributed by atoms with Crippen molar-refractivity contribution in [1.82, 2.24) is 4.72 Å². The number of rotatable bonds is 6. The van der Waals surface area contributed by atoms with Crippen LogP contribution in [0.15, 0.2) is 29.2 Å². The molecule has 1 rings (SSSR count). The first kappa shape index (κ1) is 14.2. The van der Waals surface area contributed by atoms with Crippen molar-refractivity contribution >= 4 is 10.0 Å². The summed E-state index contributed by atoms with van der Waals surface area (Å²) < 4.78 is 26.5. The Bertz CT molecular complexity index is 439. The van der Waals surface area contributed by atoms with E-state index in [2.05, 4.69) is 4.72 Å². The van der Waals surface area contributed by atoms with E-state index >= 15 is 0 Å². The molecule has 4 nitrogen and oxygen atoms in total. The minimum atomic E-state index is -3.44. The van der Waals surface area contributed by atoms with Gasteiger partial charge in [-0.1, -0.05) is 25.5 Å². The predicted molar refractivity (Wildman–Crippen MR) is 67.1 cm³/mol. The zero-order chi connectivity index (χ0) is 12.9. The highest BCUT2D eigenvalue weighted by Crippen LogP contribution is 2.12. The Balaban J connectivity index is 2.82. The number of hydrogen-bond donors (Lipinski definition) is 2. The van der Waals surface area contributed by atoms with Gasteiger partial charge in [0.15, 0.2) is 0 Å². The van der Waals surface area contributed by atoms with Crippen LogP contribution in [0.1, 0.15) is 32.3 Å². The molecule has 0 saturated carbocycles. The first-order valence-corrected chi connectivity index (χ1v) is 7.20. The molecule has 17 heavy (non-hydrogen) atoms. The van der Waals surface area contributed by atoms with E-state index in [9.17, 15) is 8.42 Å². The van der Waals surface area contributed by atoms with Crippen molar-refractivity contribution in [3.63, 3.8) is 0 Å². The quantitative estimate of drug-likeness (QED) is 0.814. The molecule has 1 unspecified atom stereocenters. The Morgan fingerprint density at radius 2 is 1.88 bits per heavy atom. The van der Waals surface area contributed by atoms with Gasteiger partial charge in [0.05, 0.1) is 11.5 Å². The van der Waals surface area contributed by atoms with E-state index in [1.165, 1.54) is 12.1 Å². The fourth-order valence-corrected chi connectivity index (χ4v) is 2.88. The van der Waals surface area contributed by atoms with E-state index < -0.39 is 10.0 Å². The van der Waals surface area contributed by atoms with Gasteiger partial charge in [-0.3, -0.25) is 0 Å². The molecule has 0 aromatic heterocycles. The lowest BCUT2D eigenvalue weighted by molar-refractivity contribution is 0.282. The Labute approximate surface area is 103 Å². The van der Waals surface area contributed by atoms with Crippen molar-refractivity contribution in [3.8, 4) is 0 Å². The summed E-state index contributed by atoms with van der Waals surface area (Å²) in [6, 6.07) is 6.17. The van der Waals surface area contributed by atoms with Gasteiger partial charge < -0.3 is 5.11 Å². The highest BCUT2D eigenvalue weighted by atomic mass is 32.2. The molecular formula is C12H19NO3S. The highest BCUT2D eigenvalue weighted by molar-refractivity contribution is 7.89. The van der Waals surface area contributed by atoms with Crippen LogP contribution in [0.4, 0.5) is 0 Å². The number of sulfonamides is 1. The van der Waals surface area contributed by atoms with Crippen molar-refractivity contribution in [2.45, 2.75) is 44.2 Å². The molecule has 1 aromatic rings. The van der Waals surface area contributed by atoms with Crippen molar-refractivity contribution in [1.29, 1.82) is 0 Å². The number of aliphatic hydroxyl groups excluding tert-OH is 1. The molecular weight excluding hydrogens is 238 g/mol. The topological polar surface area (TPSA) is 66.4 Å². The molecule has 1 aromatic carbocycles. The number of aliphatic hydroxyl groups is 1. The molecule has 1 atom stereocenters. The lowest BCUT2D eigenvalue weighted by atomic mass is 10.2. The van der Waals surface area contributed by atoms with Crippen LogP contribution in [0.5, 0.6) is 0 Å². The van der Waals surface area contributed by atoms with Crippen molar-refractivity contribution in [3.05, 3.63) is 29.8 Å². The summed E-state index contributed by atoms with van der Waals surface area (Å²) >= 11 is 0. The first-order chi connectivity index (χ1) is 7.99. The number of nitrogens with one attached hydrogen (secondary N) is 1. The van der Waals surface area contributed by atoms with Crippen LogP contribution < -0.4 is 4.72 Å². The van der Waals surface area contributed by atoms with Crippen LogP contribution in [-0.2, 0) is 16.6 Å². The molecule has 0 amide bonds. The molecule has 0 aliphatic rings. The van der Waals surface area contributed by atoms with E-state index in [-0.39, 0.29) is 17.5 Å². The second-order valence-electron chi connectivity index (χ2n) is 4.11. The largest absolute Gasteiger partial charge is 0.392 e. The lowest BCUT2D eigenvalue weighted by Gasteiger charge is -2.13. The zero-order valence-electron chi connectivity index (χ0n) is 10.2. The third kappa shape index (κ3) is 4.11. The summed E-state index contributed by atoms with van der Waals surface area (Å²) in [6.45, 7) is 3.78. The molecule has 96 valence electrons. The first-order valence-electron chi connectivity index (χ1n) is 5.71. The molecule has 0 fully saturated rings. The van der Waals surface area contributed by atoms with Crippen LogP contribution >= 0.6 is 0 Å². The van der Waals surface area contributed by atoms with E-state index in [1.807, 2.05) is 13.8 Å². The molecule has 0 radical (unpaired) electrons. The summed E-state index contributed by atoms with van der Waals surface area (Å²) in [7, 11) is -3.44. The molecule has 5 heteroatoms. The van der Waals surface area contributed by atoms with Crippen LogP contribution in [0, 0.1) is 0 Å². The van der Waals surface area contributed by atoms with Gasteiger partial charge in [-0.25, -0.2) is 13.1 Å². The summed E-state index contributed by atoms with van der Waals surface area (Å²) in [5, 5.41) is 8.88. The molecule has 0 bridgehead atoms. The minimum absolute atomic E-state index is 0.0671. The van der Waals surface area contributed by atoms with Crippen molar-refractivity contribution in [2.24, 2.45) is 0 Å². The second kappa shape index (κ2) is 6.14. The third-order valence-corrected chi connectivity index (χ3v) is 4.10. The summed E-state index contributed by atoms with van der Waals surface area (Å²) in [4.78, 5) is 0.234. The van der Waals surface area contributed by atoms with Gasteiger partial charge >= 0.3 is 0 Å². The molecule has 0 heterocycles. The monoisotopic (exact) mass is 257 g/mol. The smallest absolute Gasteiger partial charge is 0.240 e. The average molecular weight is 257 g/mol. The molecule has 0 saturated heterocycles. The number of hydrogen-bond acceptors (Lipinski definition) is 3. The Kier molecular flexibility index (Phi) is 5.11. The maximum Gasteiger partial charge on any atom is 0.240 e. The van der Waals surface area contributed by atoms with Crippen LogP contribution in [0.3, 0.4) is 0 Å². The van der Waals surface area contributed by atoms with Crippen molar-refractivity contribution in [2.75, 3.05) is 0 Å². The van der Waals surface area contributed by atoms with Gasteiger partial charge in [0.25, 0.3) is 0 Å². The van der Waals surface area contributed by atoms with Gasteiger partial charge in [0.2, 0.25) is 10.0 Å². The van der Waals surface area contributed by atoms with Gasteiger partial charge in [-0.2, -0.15) is 0 Å². The Morgan fingerprint density at radius 3 is 2.35 bits per heavy atom. The van der Waals surface area contributed by atoms with Gasteiger partial charge in [0, 0.05) is 6.04 Å². The normalized spacial score (nSPS) is 13.6. The predicted octanol–water partition coefficient (Wildman–Crippen LogP) is 1.65. The molecule has 0 aliphatic carbocycles. The average Bonchev–Trinajstić information content (AvgIpc) is 2.28. The maximum atomic E-state index is 11.9. The van der Waals surface area contributed by atoms with Gasteiger partial charge in [0.1, 0.15) is 0 Å². The van der Waals surface area contributed by atoms with Gasteiger partial charge in [-0.15, -0.1) is 0 Å². The van der Waals surface area contributed by atoms with Crippen LogP contribution in [-0.4, -0.2) is 19.6 Å². The summed E-state index contributed by atoms with van der Waals surface area (Å²) in [5.74, 6) is 0. The lowest BCUT2D eigenvalue weighted by Crippen LogP contribution is -2.32. The van der Waals surface area contributed by atoms with E-state index in [4.69, 9.17) is 5.11 Å². The maximum absolute atomic E-state index is 11.9. The molecule has 2 N–H and O–H groups in total. The van der Waals surface area contributed by atoms with E-state index in [0.717, 1.165) is 12.8 Å². The molecule has 0 spiro atoms. The standard InChI is InChI=1S/C12H19NO3S/c1-3-4-10(2)13-17(15,16)12-7-5-11(9-14)6-8-12/h5-8,10,13-14H,3-4,9H2,1-2H3. The third-order valence-electron chi connectivity index (χ3n) is 2.49. The highest BCUT2D eigenvalue weighted by Gasteiger charge is 2.16. The van der Waals surface area contributed by atoms with Crippen LogP contribution in [0.2, 0.25) is 0 Å². The Hall–Kier alpha value is -0.910. The van der Waals surface area contributed by atoms with Crippen molar-refractivity contribution < 1.29 is 13.5 Å². The zero-order valence-corrected chi connectivity index (χ0v) is 11.0. The van der Waals surface area contributed by atoms with Crippen LogP contribution in [0.25, 0.3) is 0 Å². The van der Waals surface area contributed by atoms with Gasteiger partial charge in [-0.05, 0) is 31.0 Å².